The van der Waals surface area contributed by atoms with Crippen molar-refractivity contribution in [3.63, 3.8) is 0 Å². The van der Waals surface area contributed by atoms with Crippen molar-refractivity contribution in [1.29, 1.82) is 0 Å². The Morgan fingerprint density at radius 2 is 2.00 bits per heavy atom. The first-order valence-corrected chi connectivity index (χ1v) is 4.29. The van der Waals surface area contributed by atoms with Gasteiger partial charge >= 0.3 is 0 Å². The molecule has 3 nitrogen and oxygen atoms in total. The van der Waals surface area contributed by atoms with Crippen LogP contribution in [-0.4, -0.2) is 31.0 Å². The van der Waals surface area contributed by atoms with E-state index >= 15 is 0 Å². The van der Waals surface area contributed by atoms with E-state index < -0.39 is 5.72 Å². The van der Waals surface area contributed by atoms with E-state index in [-0.39, 0.29) is 0 Å². The molecule has 0 aromatic carbocycles. The number of piperidine rings is 1. The Labute approximate surface area is 68.2 Å². The summed E-state index contributed by atoms with van der Waals surface area (Å²) in [7, 11) is 1.81. The maximum atomic E-state index is 9.81. The van der Waals surface area contributed by atoms with Gasteiger partial charge in [-0.2, -0.15) is 0 Å². The van der Waals surface area contributed by atoms with Crippen LogP contribution in [0.2, 0.25) is 0 Å². The zero-order valence-corrected chi connectivity index (χ0v) is 7.35. The summed E-state index contributed by atoms with van der Waals surface area (Å²) in [5, 5.41) is 16.0. The van der Waals surface area contributed by atoms with Crippen molar-refractivity contribution in [3.05, 3.63) is 0 Å². The van der Waals surface area contributed by atoms with E-state index in [1.165, 1.54) is 0 Å². The van der Waals surface area contributed by atoms with Gasteiger partial charge in [0.2, 0.25) is 0 Å². The Hall–Kier alpha value is -0.120. The summed E-state index contributed by atoms with van der Waals surface area (Å²) in [5.74, 6) is 0.397. The Morgan fingerprint density at radius 3 is 2.45 bits per heavy atom. The van der Waals surface area contributed by atoms with E-state index in [9.17, 15) is 5.11 Å². The Kier molecular flexibility index (Phi) is 2.87. The van der Waals surface area contributed by atoms with Crippen LogP contribution >= 0.6 is 0 Å². The maximum Gasteiger partial charge on any atom is 0.115 e. The van der Waals surface area contributed by atoms with Crippen LogP contribution in [0.5, 0.6) is 0 Å². The molecule has 11 heavy (non-hydrogen) atoms. The highest BCUT2D eigenvalue weighted by Gasteiger charge is 2.30. The number of aliphatic hydroxyl groups is 1. The van der Waals surface area contributed by atoms with Crippen molar-refractivity contribution >= 4 is 0 Å². The topological polar surface area (TPSA) is 44.3 Å². The summed E-state index contributed by atoms with van der Waals surface area (Å²) in [6.07, 6.45) is 2.13. The molecule has 0 saturated carbocycles. The standard InChI is InChI=1S/C8H18N2O/c1-8(11,9-2)7-3-5-10-6-4-7/h7,9-11H,3-6H2,1-2H3. The van der Waals surface area contributed by atoms with Gasteiger partial charge in [0.1, 0.15) is 5.72 Å². The van der Waals surface area contributed by atoms with E-state index in [1.807, 2.05) is 14.0 Å². The summed E-state index contributed by atoms with van der Waals surface area (Å²) < 4.78 is 0. The predicted molar refractivity (Wildman–Crippen MR) is 45.3 cm³/mol. The van der Waals surface area contributed by atoms with Crippen molar-refractivity contribution in [2.24, 2.45) is 5.92 Å². The van der Waals surface area contributed by atoms with Gasteiger partial charge < -0.3 is 10.4 Å². The molecule has 0 bridgehead atoms. The summed E-state index contributed by atoms with van der Waals surface area (Å²) in [5.41, 5.74) is -0.678. The molecule has 1 heterocycles. The van der Waals surface area contributed by atoms with Gasteiger partial charge in [-0.25, -0.2) is 0 Å². The average Bonchev–Trinajstić information content (AvgIpc) is 2.06. The second kappa shape index (κ2) is 3.52. The third-order valence-corrected chi connectivity index (χ3v) is 2.64. The molecule has 3 heteroatoms. The first kappa shape index (κ1) is 8.97. The minimum atomic E-state index is -0.678. The summed E-state index contributed by atoms with van der Waals surface area (Å²) in [4.78, 5) is 0. The van der Waals surface area contributed by atoms with E-state index in [4.69, 9.17) is 0 Å². The van der Waals surface area contributed by atoms with Crippen LogP contribution in [0.4, 0.5) is 0 Å². The highest BCUT2D eigenvalue weighted by Crippen LogP contribution is 2.22. The quantitative estimate of drug-likeness (QED) is 0.492. The van der Waals surface area contributed by atoms with Gasteiger partial charge in [-0.05, 0) is 39.9 Å². The van der Waals surface area contributed by atoms with Crippen molar-refractivity contribution < 1.29 is 5.11 Å². The van der Waals surface area contributed by atoms with E-state index in [0.717, 1.165) is 25.9 Å². The molecule has 0 amide bonds. The number of hydrogen-bond acceptors (Lipinski definition) is 3. The first-order valence-electron chi connectivity index (χ1n) is 4.29. The molecule has 66 valence electrons. The zero-order valence-electron chi connectivity index (χ0n) is 7.35. The lowest BCUT2D eigenvalue weighted by molar-refractivity contribution is -0.0373. The molecule has 1 aliphatic rings. The first-order chi connectivity index (χ1) is 5.17. The van der Waals surface area contributed by atoms with E-state index in [2.05, 4.69) is 10.6 Å². The molecule has 0 radical (unpaired) electrons. The maximum absolute atomic E-state index is 9.81. The fraction of sp³-hybridized carbons (Fsp3) is 1.00. The Balaban J connectivity index is 2.43. The molecule has 0 aromatic heterocycles. The molecule has 0 aromatic rings. The molecule has 1 atom stereocenters. The van der Waals surface area contributed by atoms with Crippen molar-refractivity contribution in [2.75, 3.05) is 20.1 Å². The van der Waals surface area contributed by atoms with Crippen LogP contribution in [0.1, 0.15) is 19.8 Å². The number of hydrogen-bond donors (Lipinski definition) is 3. The number of rotatable bonds is 2. The van der Waals surface area contributed by atoms with Crippen LogP contribution in [0, 0.1) is 5.92 Å². The van der Waals surface area contributed by atoms with Gasteiger partial charge in [0.05, 0.1) is 0 Å². The predicted octanol–water partition coefficient (Wildman–Crippen LogP) is -0.0861. The summed E-state index contributed by atoms with van der Waals surface area (Å²) in [6.45, 7) is 3.91. The van der Waals surface area contributed by atoms with E-state index in [1.54, 1.807) is 0 Å². The largest absolute Gasteiger partial charge is 0.376 e. The lowest BCUT2D eigenvalue weighted by atomic mass is 9.88. The molecule has 1 fully saturated rings. The van der Waals surface area contributed by atoms with Gasteiger partial charge in [0.15, 0.2) is 0 Å². The Bertz CT molecular complexity index is 119. The Morgan fingerprint density at radius 1 is 1.45 bits per heavy atom. The third-order valence-electron chi connectivity index (χ3n) is 2.64. The van der Waals surface area contributed by atoms with Gasteiger partial charge in [0.25, 0.3) is 0 Å². The van der Waals surface area contributed by atoms with Crippen molar-refractivity contribution in [1.82, 2.24) is 10.6 Å². The molecule has 1 aliphatic heterocycles. The summed E-state index contributed by atoms with van der Waals surface area (Å²) >= 11 is 0. The third kappa shape index (κ3) is 2.15. The highest BCUT2D eigenvalue weighted by atomic mass is 16.3. The monoisotopic (exact) mass is 158 g/mol. The fourth-order valence-electron chi connectivity index (χ4n) is 1.59. The SMILES string of the molecule is CNC(C)(O)C1CCNCC1. The fourth-order valence-corrected chi connectivity index (χ4v) is 1.59. The molecule has 0 aliphatic carbocycles. The van der Waals surface area contributed by atoms with Crippen LogP contribution < -0.4 is 10.6 Å². The molecular weight excluding hydrogens is 140 g/mol. The highest BCUT2D eigenvalue weighted by molar-refractivity contribution is 4.82. The number of nitrogens with one attached hydrogen (secondary N) is 2. The average molecular weight is 158 g/mol. The normalized spacial score (nSPS) is 26.5. The molecule has 1 saturated heterocycles. The zero-order chi connectivity index (χ0) is 8.32. The second-order valence-corrected chi connectivity index (χ2v) is 3.42. The molecule has 0 spiro atoms. The minimum absolute atomic E-state index is 0.397. The molecule has 1 rings (SSSR count). The second-order valence-electron chi connectivity index (χ2n) is 3.42. The molecule has 1 unspecified atom stereocenters. The summed E-state index contributed by atoms with van der Waals surface area (Å²) in [6, 6.07) is 0. The minimum Gasteiger partial charge on any atom is -0.376 e. The van der Waals surface area contributed by atoms with Crippen molar-refractivity contribution in [3.8, 4) is 0 Å². The van der Waals surface area contributed by atoms with Gasteiger partial charge in [-0.15, -0.1) is 0 Å². The van der Waals surface area contributed by atoms with Crippen LogP contribution in [0.3, 0.4) is 0 Å². The van der Waals surface area contributed by atoms with Gasteiger partial charge in [0, 0.05) is 5.92 Å². The smallest absolute Gasteiger partial charge is 0.115 e. The van der Waals surface area contributed by atoms with Gasteiger partial charge in [-0.1, -0.05) is 0 Å². The van der Waals surface area contributed by atoms with Crippen LogP contribution in [-0.2, 0) is 0 Å². The lowest BCUT2D eigenvalue weighted by Crippen LogP contribution is -2.50. The lowest BCUT2D eigenvalue weighted by Gasteiger charge is -2.35. The van der Waals surface area contributed by atoms with E-state index in [0.29, 0.717) is 5.92 Å². The molecular formula is C8H18N2O. The molecule has 3 N–H and O–H groups in total. The van der Waals surface area contributed by atoms with Crippen molar-refractivity contribution in [2.45, 2.75) is 25.5 Å². The van der Waals surface area contributed by atoms with Crippen LogP contribution in [0.15, 0.2) is 0 Å². The van der Waals surface area contributed by atoms with Crippen LogP contribution in [0.25, 0.3) is 0 Å². The van der Waals surface area contributed by atoms with Gasteiger partial charge in [-0.3, -0.25) is 5.32 Å².